The fourth-order valence-corrected chi connectivity index (χ4v) is 8.14. The molecule has 0 saturated carbocycles. The van der Waals surface area contributed by atoms with Crippen LogP contribution in [0.25, 0.3) is 11.2 Å². The molecule has 306 valence electrons. The number of hydrogen-bond donors (Lipinski definition) is 7. The number of aliphatic hydroxyl groups excluding tert-OH is 3. The number of rotatable bonds is 21. The number of nitrogen functional groups attached to an aromatic ring is 1. The molecule has 2 amide bonds. The van der Waals surface area contributed by atoms with Crippen molar-refractivity contribution in [3.8, 4) is 0 Å². The lowest BCUT2D eigenvalue weighted by Gasteiger charge is -2.34. The van der Waals surface area contributed by atoms with Crippen molar-refractivity contribution < 1.29 is 85.6 Å². The molecule has 8 atom stereocenters. The van der Waals surface area contributed by atoms with Crippen molar-refractivity contribution in [2.45, 2.75) is 70.4 Å². The highest BCUT2D eigenvalue weighted by atomic mass is 32.2. The number of aromatic nitrogens is 4. The Bertz CT molecular complexity index is 1780. The van der Waals surface area contributed by atoms with Gasteiger partial charge in [-0.25, -0.2) is 23.8 Å². The Balaban J connectivity index is 1.51. The monoisotopic (exact) mass is 850 g/mol. The summed E-state index contributed by atoms with van der Waals surface area (Å²) in [5.74, 6) is -1.33. The SMILES string of the molecule is CC(O)CC(=O)SCCNC(=O)CCNC(=O)[C@H](O)C(C)(C)COP(=O)([O-])OP(=O)(O)OC[C@H]1O[C@@H](n2cnc3c(N)ncnc32)[C@H](O)[C@@H]1OP(=O)([O-])[O-]. The third kappa shape index (κ3) is 13.9. The van der Waals surface area contributed by atoms with Gasteiger partial charge in [-0.2, -0.15) is 0 Å². The maximum atomic E-state index is 12.6. The predicted octanol–water partition coefficient (Wildman–Crippen LogP) is -3.46. The Morgan fingerprint density at radius 1 is 1.11 bits per heavy atom. The van der Waals surface area contributed by atoms with E-state index in [2.05, 4.69) is 43.5 Å². The van der Waals surface area contributed by atoms with Gasteiger partial charge in [0, 0.05) is 37.1 Å². The van der Waals surface area contributed by atoms with E-state index in [-0.39, 0.29) is 53.8 Å². The molecular formula is C25H39N7O18P3S-3. The first-order valence-electron chi connectivity index (χ1n) is 15.6. The summed E-state index contributed by atoms with van der Waals surface area (Å²) in [5, 5.41) is 35.0. The number of imidazole rings is 1. The van der Waals surface area contributed by atoms with Crippen molar-refractivity contribution in [3.05, 3.63) is 12.7 Å². The molecule has 0 aromatic carbocycles. The van der Waals surface area contributed by atoms with Gasteiger partial charge in [-0.05, 0) is 6.92 Å². The molecule has 0 bridgehead atoms. The average Bonchev–Trinajstić information content (AvgIpc) is 3.60. The Hall–Kier alpha value is -2.48. The number of carbonyl (C=O) groups excluding carboxylic acids is 3. The average molecular weight is 851 g/mol. The van der Waals surface area contributed by atoms with Gasteiger partial charge in [-0.3, -0.25) is 28.0 Å². The summed E-state index contributed by atoms with van der Waals surface area (Å²) in [6.45, 7) is 1.56. The molecule has 3 heterocycles. The minimum absolute atomic E-state index is 0.0136. The molecule has 1 aliphatic rings. The van der Waals surface area contributed by atoms with Crippen molar-refractivity contribution in [3.63, 3.8) is 0 Å². The molecule has 54 heavy (non-hydrogen) atoms. The maximum absolute atomic E-state index is 12.6. The van der Waals surface area contributed by atoms with Gasteiger partial charge < -0.3 is 69.6 Å². The number of thioether (sulfide) groups is 1. The molecule has 0 radical (unpaired) electrons. The largest absolute Gasteiger partial charge is 0.790 e. The van der Waals surface area contributed by atoms with Crippen LogP contribution < -0.4 is 31.0 Å². The molecule has 3 rings (SSSR count). The standard InChI is InChI=1S/C25H42N7O18P3S/c1-13(33)8-16(35)54-7-6-27-15(34)4-5-28-23(38)20(37)25(2,3)10-47-53(44,45)50-52(42,43)46-9-14-19(49-51(39,40)41)18(36)24(48-14)32-12-31-17-21(26)29-11-30-22(17)32/h11-14,18-20,24,33,36-37H,4-10H2,1-3H3,(H,27,34)(H,28,38)(H,42,43)(H,44,45)(H2,26,29,30)(H2,39,40,41)/p-3/t13?,14-,18-,19-,20+,24-/m1/s1. The second-order valence-corrected chi connectivity index (χ2v) is 17.5. The Morgan fingerprint density at radius 3 is 2.44 bits per heavy atom. The van der Waals surface area contributed by atoms with Crippen LogP contribution in [0.4, 0.5) is 5.82 Å². The highest BCUT2D eigenvalue weighted by Crippen LogP contribution is 2.59. The number of amides is 2. The zero-order valence-electron chi connectivity index (χ0n) is 28.7. The summed E-state index contributed by atoms with van der Waals surface area (Å²) in [7, 11) is -17.3. The minimum atomic E-state index is -5.84. The van der Waals surface area contributed by atoms with Gasteiger partial charge in [0.15, 0.2) is 22.8 Å². The second-order valence-electron chi connectivity index (χ2n) is 12.3. The molecule has 1 saturated heterocycles. The number of anilines is 1. The smallest absolute Gasteiger partial charge is 0.478 e. The summed E-state index contributed by atoms with van der Waals surface area (Å²) in [4.78, 5) is 93.0. The minimum Gasteiger partial charge on any atom is -0.790 e. The zero-order valence-corrected chi connectivity index (χ0v) is 32.2. The second kappa shape index (κ2) is 19.1. The van der Waals surface area contributed by atoms with Crippen molar-refractivity contribution in [2.24, 2.45) is 5.41 Å². The zero-order chi connectivity index (χ0) is 40.6. The van der Waals surface area contributed by atoms with Gasteiger partial charge in [0.2, 0.25) is 11.8 Å². The Kier molecular flexibility index (Phi) is 16.2. The van der Waals surface area contributed by atoms with Gasteiger partial charge in [0.1, 0.15) is 36.3 Å². The van der Waals surface area contributed by atoms with Gasteiger partial charge in [-0.1, -0.05) is 25.6 Å². The number of nitrogens with two attached hydrogens (primary N) is 1. The van der Waals surface area contributed by atoms with Crippen LogP contribution in [0.2, 0.25) is 0 Å². The molecule has 8 N–H and O–H groups in total. The van der Waals surface area contributed by atoms with Crippen LogP contribution in [0.5, 0.6) is 0 Å². The van der Waals surface area contributed by atoms with Gasteiger partial charge in [0.05, 0.1) is 33.5 Å². The molecule has 0 spiro atoms. The van der Waals surface area contributed by atoms with E-state index >= 15 is 0 Å². The number of phosphoric ester groups is 3. The number of hydrogen-bond acceptors (Lipinski definition) is 22. The Morgan fingerprint density at radius 2 is 1.80 bits per heavy atom. The highest BCUT2D eigenvalue weighted by Gasteiger charge is 2.48. The van der Waals surface area contributed by atoms with E-state index in [1.165, 1.54) is 20.8 Å². The summed E-state index contributed by atoms with van der Waals surface area (Å²) < 4.78 is 60.8. The van der Waals surface area contributed by atoms with E-state index in [9.17, 15) is 63.0 Å². The number of nitrogens with zero attached hydrogens (tertiary/aromatic N) is 4. The van der Waals surface area contributed by atoms with E-state index in [0.29, 0.717) is 0 Å². The molecule has 1 fully saturated rings. The van der Waals surface area contributed by atoms with E-state index in [4.69, 9.17) is 10.5 Å². The van der Waals surface area contributed by atoms with Crippen molar-refractivity contribution in [2.75, 3.05) is 37.8 Å². The first-order chi connectivity index (χ1) is 24.9. The predicted molar refractivity (Wildman–Crippen MR) is 177 cm³/mol. The molecule has 2 aromatic heterocycles. The number of carbonyl (C=O) groups is 3. The lowest BCUT2D eigenvalue weighted by Crippen LogP contribution is -2.46. The topological polar surface area (TPSA) is 392 Å². The maximum Gasteiger partial charge on any atom is 0.478 e. The summed E-state index contributed by atoms with van der Waals surface area (Å²) in [5.41, 5.74) is 4.09. The van der Waals surface area contributed by atoms with Gasteiger partial charge in [0.25, 0.3) is 7.82 Å². The lowest BCUT2D eigenvalue weighted by molar-refractivity contribution is -0.347. The van der Waals surface area contributed by atoms with Crippen molar-refractivity contribution in [1.82, 2.24) is 30.2 Å². The number of aliphatic hydroxyl groups is 3. The first-order valence-corrected chi connectivity index (χ1v) is 21.0. The fraction of sp³-hybridized carbons (Fsp3) is 0.680. The van der Waals surface area contributed by atoms with Gasteiger partial charge in [-0.15, -0.1) is 0 Å². The van der Waals surface area contributed by atoms with E-state index in [0.717, 1.165) is 29.0 Å². The molecular weight excluding hydrogens is 811 g/mol. The normalized spacial score (nSPS) is 22.6. The molecule has 29 heteroatoms. The molecule has 3 unspecified atom stereocenters. The fourth-order valence-electron chi connectivity index (χ4n) is 4.58. The van der Waals surface area contributed by atoms with Crippen LogP contribution in [0.3, 0.4) is 0 Å². The number of ether oxygens (including phenoxy) is 1. The van der Waals surface area contributed by atoms with E-state index < -0.39 is 90.7 Å². The number of phosphoric acid groups is 3. The lowest BCUT2D eigenvalue weighted by atomic mass is 9.87. The summed E-state index contributed by atoms with van der Waals surface area (Å²) in [6, 6.07) is 0. The molecule has 1 aliphatic heterocycles. The molecule has 25 nitrogen and oxygen atoms in total. The van der Waals surface area contributed by atoms with Crippen LogP contribution in [-0.2, 0) is 50.7 Å². The third-order valence-corrected chi connectivity index (χ3v) is 11.2. The van der Waals surface area contributed by atoms with E-state index in [1.807, 2.05) is 0 Å². The summed E-state index contributed by atoms with van der Waals surface area (Å²) in [6.07, 6.45) is -8.32. The Labute approximate surface area is 310 Å². The van der Waals surface area contributed by atoms with Crippen LogP contribution >= 0.6 is 35.2 Å². The number of nitrogens with one attached hydrogen (secondary N) is 2. The van der Waals surface area contributed by atoms with Crippen LogP contribution in [0, 0.1) is 5.41 Å². The van der Waals surface area contributed by atoms with E-state index in [1.54, 1.807) is 0 Å². The first kappa shape index (κ1) is 45.9. The molecule has 0 aliphatic carbocycles. The highest BCUT2D eigenvalue weighted by molar-refractivity contribution is 8.13. The van der Waals surface area contributed by atoms with Gasteiger partial charge >= 0.3 is 7.82 Å². The number of fused-ring (bicyclic) bond motifs is 1. The quantitative estimate of drug-likeness (QED) is 0.0474. The van der Waals surface area contributed by atoms with Crippen molar-refractivity contribution >= 4 is 69.1 Å². The van der Waals surface area contributed by atoms with Crippen molar-refractivity contribution in [1.29, 1.82) is 0 Å². The van der Waals surface area contributed by atoms with Crippen LogP contribution in [-0.4, -0.2) is 119 Å². The summed E-state index contributed by atoms with van der Waals surface area (Å²) >= 11 is 0.930. The van der Waals surface area contributed by atoms with Crippen LogP contribution in [0.1, 0.15) is 39.8 Å². The van der Waals surface area contributed by atoms with Crippen LogP contribution in [0.15, 0.2) is 12.7 Å². The molecule has 2 aromatic rings. The third-order valence-electron chi connectivity index (χ3n) is 7.21.